The van der Waals surface area contributed by atoms with Crippen molar-refractivity contribution in [2.75, 3.05) is 7.11 Å². The van der Waals surface area contributed by atoms with Crippen molar-refractivity contribution in [3.8, 4) is 0 Å². The van der Waals surface area contributed by atoms with Gasteiger partial charge in [-0.25, -0.2) is 4.39 Å². The summed E-state index contributed by atoms with van der Waals surface area (Å²) in [5.41, 5.74) is 2.78. The summed E-state index contributed by atoms with van der Waals surface area (Å²) in [6.45, 7) is 0.705. The maximum absolute atomic E-state index is 12.2. The molecule has 138 valence electrons. The van der Waals surface area contributed by atoms with Crippen molar-refractivity contribution in [3.05, 3.63) is 47.8 Å². The van der Waals surface area contributed by atoms with Crippen molar-refractivity contribution in [1.82, 2.24) is 0 Å². The molecular weight excluding hydrogens is 311 g/mol. The van der Waals surface area contributed by atoms with Gasteiger partial charge in [-0.05, 0) is 92.6 Å². The molecule has 0 amide bonds. The predicted octanol–water partition coefficient (Wildman–Crippen LogP) is 6.79. The molecule has 0 saturated heterocycles. The van der Waals surface area contributed by atoms with Gasteiger partial charge in [-0.1, -0.05) is 30.3 Å². The second-order valence-electron chi connectivity index (χ2n) is 8.16. The fourth-order valence-electron chi connectivity index (χ4n) is 5.12. The minimum Gasteiger partial charge on any atom is -0.380 e. The molecule has 2 aliphatic carbocycles. The van der Waals surface area contributed by atoms with E-state index in [2.05, 4.69) is 24.3 Å². The van der Waals surface area contributed by atoms with Crippen molar-refractivity contribution in [2.45, 2.75) is 70.3 Å². The van der Waals surface area contributed by atoms with E-state index in [4.69, 9.17) is 4.74 Å². The minimum atomic E-state index is 0.705. The van der Waals surface area contributed by atoms with Crippen molar-refractivity contribution in [2.24, 2.45) is 17.8 Å². The van der Waals surface area contributed by atoms with Crippen LogP contribution in [0.3, 0.4) is 0 Å². The summed E-state index contributed by atoms with van der Waals surface area (Å²) < 4.78 is 17.4. The van der Waals surface area contributed by atoms with E-state index >= 15 is 0 Å². The van der Waals surface area contributed by atoms with Gasteiger partial charge in [0.15, 0.2) is 0 Å². The largest absolute Gasteiger partial charge is 0.380 e. The van der Waals surface area contributed by atoms with E-state index in [0.29, 0.717) is 6.61 Å². The first kappa shape index (κ1) is 18.6. The van der Waals surface area contributed by atoms with E-state index in [-0.39, 0.29) is 0 Å². The summed E-state index contributed by atoms with van der Waals surface area (Å²) in [6.07, 6.45) is 14.2. The first-order chi connectivity index (χ1) is 12.3. The molecule has 0 unspecified atom stereocenters. The fourth-order valence-corrected chi connectivity index (χ4v) is 5.12. The molecule has 0 aliphatic heterocycles. The topological polar surface area (TPSA) is 9.23 Å². The molecule has 2 fully saturated rings. The predicted molar refractivity (Wildman–Crippen MR) is 102 cm³/mol. The van der Waals surface area contributed by atoms with E-state index in [1.54, 1.807) is 13.2 Å². The molecule has 2 aliphatic rings. The third-order valence-electron chi connectivity index (χ3n) is 6.65. The molecule has 0 radical (unpaired) electrons. The van der Waals surface area contributed by atoms with Gasteiger partial charge in [-0.3, -0.25) is 0 Å². The van der Waals surface area contributed by atoms with Crippen LogP contribution in [0.25, 0.3) is 0 Å². The van der Waals surface area contributed by atoms with Crippen LogP contribution in [0.4, 0.5) is 4.39 Å². The van der Waals surface area contributed by atoms with Crippen LogP contribution in [0.15, 0.2) is 36.7 Å². The fraction of sp³-hybridized carbons (Fsp3) is 0.652. The van der Waals surface area contributed by atoms with E-state index in [1.165, 1.54) is 62.5 Å². The average Bonchev–Trinajstić information content (AvgIpc) is 2.68. The van der Waals surface area contributed by atoms with Gasteiger partial charge in [0.2, 0.25) is 0 Å². The maximum atomic E-state index is 12.2. The number of allylic oxidation sites excluding steroid dienone is 1. The summed E-state index contributed by atoms with van der Waals surface area (Å²) in [5.74, 6) is 3.33. The van der Waals surface area contributed by atoms with Crippen LogP contribution in [0.1, 0.15) is 74.8 Å². The SMILES string of the molecule is COCc1ccc(C2CCC(C3CCC(C/C=C/F)CC3)CC2)cc1. The van der Waals surface area contributed by atoms with Crippen molar-refractivity contribution < 1.29 is 9.13 Å². The Morgan fingerprint density at radius 3 is 2.08 bits per heavy atom. The van der Waals surface area contributed by atoms with Crippen LogP contribution in [-0.4, -0.2) is 7.11 Å². The van der Waals surface area contributed by atoms with Gasteiger partial charge in [0.1, 0.15) is 0 Å². The molecule has 0 heterocycles. The molecule has 1 aromatic rings. The van der Waals surface area contributed by atoms with E-state index in [9.17, 15) is 4.39 Å². The van der Waals surface area contributed by atoms with Crippen LogP contribution < -0.4 is 0 Å². The van der Waals surface area contributed by atoms with Crippen LogP contribution >= 0.6 is 0 Å². The second-order valence-corrected chi connectivity index (χ2v) is 8.16. The number of benzene rings is 1. The number of rotatable bonds is 6. The Bertz CT molecular complexity index is 520. The number of hydrogen-bond donors (Lipinski definition) is 0. The highest BCUT2D eigenvalue weighted by Gasteiger charge is 2.30. The number of ether oxygens (including phenoxy) is 1. The molecule has 0 spiro atoms. The van der Waals surface area contributed by atoms with E-state index in [1.807, 2.05) is 0 Å². The number of halogens is 1. The summed E-state index contributed by atoms with van der Waals surface area (Å²) in [7, 11) is 1.75. The molecule has 25 heavy (non-hydrogen) atoms. The monoisotopic (exact) mass is 344 g/mol. The van der Waals surface area contributed by atoms with Gasteiger partial charge in [-0.15, -0.1) is 0 Å². The first-order valence-electron chi connectivity index (χ1n) is 10.1. The second kappa shape index (κ2) is 9.52. The maximum Gasteiger partial charge on any atom is 0.0827 e. The van der Waals surface area contributed by atoms with Gasteiger partial charge >= 0.3 is 0 Å². The van der Waals surface area contributed by atoms with Crippen molar-refractivity contribution >= 4 is 0 Å². The van der Waals surface area contributed by atoms with Gasteiger partial charge in [-0.2, -0.15) is 0 Å². The zero-order valence-corrected chi connectivity index (χ0v) is 15.6. The van der Waals surface area contributed by atoms with Gasteiger partial charge in [0.05, 0.1) is 12.9 Å². The smallest absolute Gasteiger partial charge is 0.0827 e. The van der Waals surface area contributed by atoms with Crippen molar-refractivity contribution in [3.63, 3.8) is 0 Å². The van der Waals surface area contributed by atoms with Gasteiger partial charge in [0, 0.05) is 7.11 Å². The van der Waals surface area contributed by atoms with Gasteiger partial charge < -0.3 is 4.74 Å². The highest BCUT2D eigenvalue weighted by atomic mass is 19.1. The Labute approximate surface area is 152 Å². The molecule has 3 rings (SSSR count). The van der Waals surface area contributed by atoms with Crippen LogP contribution in [-0.2, 0) is 11.3 Å². The lowest BCUT2D eigenvalue weighted by atomic mass is 9.68. The van der Waals surface area contributed by atoms with Gasteiger partial charge in [0.25, 0.3) is 0 Å². The zero-order chi connectivity index (χ0) is 17.5. The molecule has 0 bridgehead atoms. The normalized spacial score (nSPS) is 30.6. The summed E-state index contributed by atoms with van der Waals surface area (Å²) >= 11 is 0. The molecular formula is C23H33FO. The lowest BCUT2D eigenvalue weighted by molar-refractivity contribution is 0.160. The Hall–Kier alpha value is -1.15. The molecule has 1 nitrogen and oxygen atoms in total. The van der Waals surface area contributed by atoms with E-state index < -0.39 is 0 Å². The average molecular weight is 345 g/mol. The molecule has 2 saturated carbocycles. The highest BCUT2D eigenvalue weighted by Crippen LogP contribution is 2.44. The molecule has 1 aromatic carbocycles. The van der Waals surface area contributed by atoms with E-state index in [0.717, 1.165) is 36.4 Å². The van der Waals surface area contributed by atoms with Crippen LogP contribution in [0.2, 0.25) is 0 Å². The third-order valence-corrected chi connectivity index (χ3v) is 6.65. The summed E-state index contributed by atoms with van der Waals surface area (Å²) in [5, 5.41) is 0. The Morgan fingerprint density at radius 1 is 0.920 bits per heavy atom. The Kier molecular flexibility index (Phi) is 7.10. The highest BCUT2D eigenvalue weighted by molar-refractivity contribution is 5.25. The number of methoxy groups -OCH3 is 1. The lowest BCUT2D eigenvalue weighted by Crippen LogP contribution is -2.25. The minimum absolute atomic E-state index is 0.705. The zero-order valence-electron chi connectivity index (χ0n) is 15.6. The standard InChI is InChI=1S/C23H33FO/c1-25-17-19-6-10-21(11-7-19)23-14-12-22(13-15-23)20-8-4-18(5-9-20)3-2-16-24/h2,6-7,10-11,16,18,20,22-23H,3-5,8-9,12-15,17H2,1H3/b16-2+. The Balaban J connectivity index is 1.44. The summed E-state index contributed by atoms with van der Waals surface area (Å²) in [6, 6.07) is 9.06. The molecule has 0 aromatic heterocycles. The van der Waals surface area contributed by atoms with Crippen LogP contribution in [0, 0.1) is 17.8 Å². The molecule has 0 N–H and O–H groups in total. The quantitative estimate of drug-likeness (QED) is 0.552. The molecule has 2 heteroatoms. The lowest BCUT2D eigenvalue weighted by Gasteiger charge is -2.38. The first-order valence-corrected chi connectivity index (χ1v) is 10.1. The van der Waals surface area contributed by atoms with Crippen molar-refractivity contribution in [1.29, 1.82) is 0 Å². The third kappa shape index (κ3) is 5.17. The molecule has 0 atom stereocenters. The summed E-state index contributed by atoms with van der Waals surface area (Å²) in [4.78, 5) is 0. The van der Waals surface area contributed by atoms with Crippen LogP contribution in [0.5, 0.6) is 0 Å². The Morgan fingerprint density at radius 2 is 1.52 bits per heavy atom. The number of hydrogen-bond acceptors (Lipinski definition) is 1.